The molecule has 3 nitrogen and oxygen atoms in total. The van der Waals surface area contributed by atoms with Crippen molar-refractivity contribution >= 4 is 0 Å². The third kappa shape index (κ3) is 11.4. The van der Waals surface area contributed by atoms with E-state index in [0.717, 1.165) is 12.8 Å². The van der Waals surface area contributed by atoms with Gasteiger partial charge in [0.15, 0.2) is 0 Å². The lowest BCUT2D eigenvalue weighted by Crippen LogP contribution is -1.87. The Morgan fingerprint density at radius 3 is 2.44 bits per heavy atom. The van der Waals surface area contributed by atoms with E-state index in [2.05, 4.69) is 11.8 Å². The molecular weight excluding hydrogens is 118 g/mol. The molecular formula is C6H19NO2. The molecule has 0 aliphatic rings. The van der Waals surface area contributed by atoms with E-state index in [1.165, 1.54) is 12.8 Å². The maximum absolute atomic E-state index is 7.87. The molecule has 0 amide bonds. The molecule has 0 aromatic heterocycles. The summed E-state index contributed by atoms with van der Waals surface area (Å²) < 4.78 is 0. The molecule has 0 fully saturated rings. The van der Waals surface area contributed by atoms with Crippen LogP contribution in [-0.2, 0) is 4.89 Å². The van der Waals surface area contributed by atoms with E-state index in [9.17, 15) is 0 Å². The van der Waals surface area contributed by atoms with Crippen LogP contribution in [0.25, 0.3) is 0 Å². The highest BCUT2D eigenvalue weighted by Gasteiger charge is 1.84. The molecule has 0 heterocycles. The second kappa shape index (κ2) is 10.8. The lowest BCUT2D eigenvalue weighted by Gasteiger charge is -1.93. The molecule has 0 aliphatic heterocycles. The van der Waals surface area contributed by atoms with Crippen LogP contribution in [0, 0.1) is 0 Å². The summed E-state index contributed by atoms with van der Waals surface area (Å²) in [5.41, 5.74) is 0. The van der Waals surface area contributed by atoms with Gasteiger partial charge in [-0.3, -0.25) is 5.26 Å². The van der Waals surface area contributed by atoms with Crippen LogP contribution in [-0.4, -0.2) is 11.9 Å². The second-order valence-electron chi connectivity index (χ2n) is 1.89. The van der Waals surface area contributed by atoms with Crippen LogP contribution in [0.15, 0.2) is 0 Å². The predicted molar refractivity (Wildman–Crippen MR) is 39.9 cm³/mol. The molecule has 60 valence electrons. The number of unbranched alkanes of at least 4 members (excludes halogenated alkanes) is 3. The van der Waals surface area contributed by atoms with E-state index >= 15 is 0 Å². The molecule has 0 saturated carbocycles. The van der Waals surface area contributed by atoms with Crippen LogP contribution in [0.5, 0.6) is 0 Å². The zero-order chi connectivity index (χ0) is 6.24. The van der Waals surface area contributed by atoms with Crippen molar-refractivity contribution in [1.82, 2.24) is 6.15 Å². The van der Waals surface area contributed by atoms with E-state index in [0.29, 0.717) is 6.61 Å². The Bertz CT molecular complexity index is 40.7. The van der Waals surface area contributed by atoms with Crippen LogP contribution < -0.4 is 6.15 Å². The first kappa shape index (κ1) is 11.6. The van der Waals surface area contributed by atoms with Crippen molar-refractivity contribution in [2.75, 3.05) is 6.61 Å². The van der Waals surface area contributed by atoms with E-state index < -0.39 is 0 Å². The highest BCUT2D eigenvalue weighted by atomic mass is 17.1. The van der Waals surface area contributed by atoms with Gasteiger partial charge in [-0.1, -0.05) is 26.2 Å². The Hall–Kier alpha value is -0.120. The van der Waals surface area contributed by atoms with Crippen molar-refractivity contribution in [3.63, 3.8) is 0 Å². The summed E-state index contributed by atoms with van der Waals surface area (Å²) in [5, 5.41) is 7.87. The molecule has 9 heavy (non-hydrogen) atoms. The molecule has 0 saturated heterocycles. The van der Waals surface area contributed by atoms with Crippen LogP contribution >= 0.6 is 0 Å². The maximum atomic E-state index is 7.87. The predicted octanol–water partition coefficient (Wildman–Crippen LogP) is 2.46. The molecule has 0 aliphatic carbocycles. The summed E-state index contributed by atoms with van der Waals surface area (Å²) >= 11 is 0. The molecule has 0 unspecified atom stereocenters. The van der Waals surface area contributed by atoms with Crippen LogP contribution in [0.4, 0.5) is 0 Å². The molecule has 0 rings (SSSR count). The second-order valence-corrected chi connectivity index (χ2v) is 1.89. The normalized spacial score (nSPS) is 8.67. The molecule has 0 atom stereocenters. The third-order valence-electron chi connectivity index (χ3n) is 1.09. The minimum Gasteiger partial charge on any atom is -0.344 e. The first-order chi connectivity index (χ1) is 3.91. The van der Waals surface area contributed by atoms with Gasteiger partial charge in [-0.05, 0) is 6.42 Å². The molecule has 0 bridgehead atoms. The van der Waals surface area contributed by atoms with Gasteiger partial charge in [-0.15, -0.1) is 0 Å². The molecule has 0 aromatic carbocycles. The highest BCUT2D eigenvalue weighted by molar-refractivity contribution is 4.36. The minimum absolute atomic E-state index is 0. The largest absolute Gasteiger partial charge is 0.344 e. The average Bonchev–Trinajstić information content (AvgIpc) is 1.81. The van der Waals surface area contributed by atoms with Crippen molar-refractivity contribution in [3.05, 3.63) is 0 Å². The first-order valence-electron chi connectivity index (χ1n) is 3.18. The SMILES string of the molecule is CCCCCCOO.N.[HH]. The Kier molecular flexibility index (Phi) is 14.0. The monoisotopic (exact) mass is 137 g/mol. The zero-order valence-electron chi connectivity index (χ0n) is 6.10. The summed E-state index contributed by atoms with van der Waals surface area (Å²) in [6.07, 6.45) is 4.61. The van der Waals surface area contributed by atoms with Crippen LogP contribution in [0.2, 0.25) is 0 Å². The topological polar surface area (TPSA) is 64.5 Å². The smallest absolute Gasteiger partial charge is 0.0819 e. The van der Waals surface area contributed by atoms with Gasteiger partial charge in [-0.25, -0.2) is 4.89 Å². The minimum atomic E-state index is 0. The van der Waals surface area contributed by atoms with Crippen molar-refractivity contribution in [2.45, 2.75) is 32.6 Å². The lowest BCUT2D eigenvalue weighted by atomic mass is 10.2. The van der Waals surface area contributed by atoms with Crippen molar-refractivity contribution in [3.8, 4) is 0 Å². The van der Waals surface area contributed by atoms with Gasteiger partial charge in [0.25, 0.3) is 0 Å². The summed E-state index contributed by atoms with van der Waals surface area (Å²) in [7, 11) is 0. The molecule has 0 spiro atoms. The quantitative estimate of drug-likeness (QED) is 0.347. The molecule has 3 heteroatoms. The number of rotatable bonds is 5. The third-order valence-corrected chi connectivity index (χ3v) is 1.09. The van der Waals surface area contributed by atoms with Gasteiger partial charge >= 0.3 is 0 Å². The van der Waals surface area contributed by atoms with E-state index in [1.807, 2.05) is 0 Å². The summed E-state index contributed by atoms with van der Waals surface area (Å²) in [4.78, 5) is 3.89. The Labute approximate surface area is 58.0 Å². The lowest BCUT2D eigenvalue weighted by molar-refractivity contribution is -0.242. The standard InChI is InChI=1S/C6H14O2.H3N.H2/c1-2-3-4-5-6-8-7;;/h7H,2-6H2,1H3;1H3;1H. The van der Waals surface area contributed by atoms with Crippen LogP contribution in [0.1, 0.15) is 34.0 Å². The zero-order valence-corrected chi connectivity index (χ0v) is 6.10. The summed E-state index contributed by atoms with van der Waals surface area (Å²) in [6, 6.07) is 0. The number of hydrogen-bond donors (Lipinski definition) is 2. The maximum Gasteiger partial charge on any atom is 0.0819 e. The van der Waals surface area contributed by atoms with Gasteiger partial charge in [0.2, 0.25) is 0 Å². The van der Waals surface area contributed by atoms with Gasteiger partial charge in [-0.2, -0.15) is 0 Å². The molecule has 0 aromatic rings. The van der Waals surface area contributed by atoms with Gasteiger partial charge in [0, 0.05) is 1.43 Å². The Morgan fingerprint density at radius 2 is 2.00 bits per heavy atom. The fourth-order valence-corrected chi connectivity index (χ4v) is 0.593. The number of hydrogen-bond acceptors (Lipinski definition) is 3. The van der Waals surface area contributed by atoms with Gasteiger partial charge < -0.3 is 6.15 Å². The molecule has 4 N–H and O–H groups in total. The van der Waals surface area contributed by atoms with Crippen molar-refractivity contribution in [2.24, 2.45) is 0 Å². The van der Waals surface area contributed by atoms with E-state index in [1.54, 1.807) is 0 Å². The summed E-state index contributed by atoms with van der Waals surface area (Å²) in [6.45, 7) is 2.64. The van der Waals surface area contributed by atoms with E-state index in [-0.39, 0.29) is 7.58 Å². The Morgan fingerprint density at radius 1 is 1.33 bits per heavy atom. The highest BCUT2D eigenvalue weighted by Crippen LogP contribution is 1.97. The van der Waals surface area contributed by atoms with Gasteiger partial charge in [0.05, 0.1) is 6.61 Å². The fourth-order valence-electron chi connectivity index (χ4n) is 0.593. The van der Waals surface area contributed by atoms with Crippen LogP contribution in [0.3, 0.4) is 0 Å². The summed E-state index contributed by atoms with van der Waals surface area (Å²) in [5.74, 6) is 0. The Balaban J connectivity index is -0.000000245. The fraction of sp³-hybridized carbons (Fsp3) is 1.00. The molecule has 0 radical (unpaired) electrons. The van der Waals surface area contributed by atoms with E-state index in [4.69, 9.17) is 5.26 Å². The van der Waals surface area contributed by atoms with Crippen molar-refractivity contribution in [1.29, 1.82) is 0 Å². The van der Waals surface area contributed by atoms with Crippen molar-refractivity contribution < 1.29 is 11.6 Å². The average molecular weight is 137 g/mol. The van der Waals surface area contributed by atoms with Gasteiger partial charge in [0.1, 0.15) is 0 Å². The first-order valence-corrected chi connectivity index (χ1v) is 3.18.